The van der Waals surface area contributed by atoms with Gasteiger partial charge in [-0.3, -0.25) is 24.1 Å². The highest BCUT2D eigenvalue weighted by Crippen LogP contribution is 2.28. The molecule has 0 bridgehead atoms. The summed E-state index contributed by atoms with van der Waals surface area (Å²) in [5, 5.41) is 2.70. The maximum Gasteiger partial charge on any atom is 0.326 e. The van der Waals surface area contributed by atoms with E-state index in [1.54, 1.807) is 18.2 Å². The smallest absolute Gasteiger partial charge is 0.326 e. The Morgan fingerprint density at radius 1 is 1.07 bits per heavy atom. The van der Waals surface area contributed by atoms with Crippen LogP contribution in [-0.2, 0) is 25.7 Å². The Morgan fingerprint density at radius 3 is 2.46 bits per heavy atom. The molecule has 1 N–H and O–H groups in total. The summed E-state index contributed by atoms with van der Waals surface area (Å²) in [6.45, 7) is 3.30. The van der Waals surface area contributed by atoms with Crippen molar-refractivity contribution in [3.05, 3.63) is 65.2 Å². The second kappa shape index (κ2) is 8.04. The summed E-state index contributed by atoms with van der Waals surface area (Å²) in [7, 11) is 0. The van der Waals surface area contributed by atoms with Crippen molar-refractivity contribution < 1.29 is 23.9 Å². The van der Waals surface area contributed by atoms with Gasteiger partial charge in [-0.15, -0.1) is 0 Å². The molecular formula is C21H20N2O5. The first-order valence-electron chi connectivity index (χ1n) is 8.85. The van der Waals surface area contributed by atoms with Crippen molar-refractivity contribution in [3.63, 3.8) is 0 Å². The summed E-state index contributed by atoms with van der Waals surface area (Å²) in [6, 6.07) is 14.1. The number of rotatable bonds is 6. The van der Waals surface area contributed by atoms with E-state index in [0.29, 0.717) is 12.2 Å². The van der Waals surface area contributed by atoms with E-state index in [2.05, 4.69) is 5.32 Å². The Hall–Kier alpha value is -3.48. The average molecular weight is 380 g/mol. The fourth-order valence-electron chi connectivity index (χ4n) is 2.86. The van der Waals surface area contributed by atoms with Crippen LogP contribution in [0.5, 0.6) is 0 Å². The van der Waals surface area contributed by atoms with Gasteiger partial charge in [-0.1, -0.05) is 42.0 Å². The van der Waals surface area contributed by atoms with Crippen molar-refractivity contribution in [2.24, 2.45) is 0 Å². The predicted octanol–water partition coefficient (Wildman–Crippen LogP) is 1.77. The minimum absolute atomic E-state index is 0.254. The van der Waals surface area contributed by atoms with Crippen LogP contribution in [0.15, 0.2) is 48.5 Å². The summed E-state index contributed by atoms with van der Waals surface area (Å²) < 4.78 is 5.12. The van der Waals surface area contributed by atoms with E-state index in [0.717, 1.165) is 16.0 Å². The molecular weight excluding hydrogens is 360 g/mol. The molecule has 1 heterocycles. The van der Waals surface area contributed by atoms with E-state index >= 15 is 0 Å². The topological polar surface area (TPSA) is 92.8 Å². The third-order valence-corrected chi connectivity index (χ3v) is 4.43. The monoisotopic (exact) mass is 380 g/mol. The van der Waals surface area contributed by atoms with Gasteiger partial charge in [-0.05, 0) is 31.5 Å². The molecule has 0 aliphatic carbocycles. The Bertz CT molecular complexity index is 936. The van der Waals surface area contributed by atoms with Gasteiger partial charge in [0.1, 0.15) is 6.54 Å². The zero-order valence-electron chi connectivity index (χ0n) is 15.6. The van der Waals surface area contributed by atoms with E-state index in [4.69, 9.17) is 4.74 Å². The predicted molar refractivity (Wildman–Crippen MR) is 102 cm³/mol. The fourth-order valence-corrected chi connectivity index (χ4v) is 2.86. The normalized spacial score (nSPS) is 13.9. The summed E-state index contributed by atoms with van der Waals surface area (Å²) in [5.74, 6) is -2.66. The van der Waals surface area contributed by atoms with Crippen LogP contribution in [0.3, 0.4) is 0 Å². The van der Waals surface area contributed by atoms with Crippen LogP contribution in [0.2, 0.25) is 0 Å². The van der Waals surface area contributed by atoms with E-state index in [9.17, 15) is 19.2 Å². The van der Waals surface area contributed by atoms with Crippen molar-refractivity contribution >= 4 is 29.3 Å². The highest BCUT2D eigenvalue weighted by molar-refractivity contribution is 6.52. The molecule has 7 nitrogen and oxygen atoms in total. The standard InChI is InChI=1S/C21H20N2O5/c1-13-7-9-15(10-8-13)11-22-20(26)14(2)28-18(24)12-23-17-6-4-3-5-16(17)19(25)21(23)27/h3-10,14H,11-12H2,1-2H3,(H,22,26)/t14-/m0/s1. The minimum Gasteiger partial charge on any atom is -0.451 e. The molecule has 0 fully saturated rings. The number of carbonyl (C=O) groups excluding carboxylic acids is 4. The number of para-hydroxylation sites is 1. The summed E-state index contributed by atoms with van der Waals surface area (Å²) >= 11 is 0. The van der Waals surface area contributed by atoms with Gasteiger partial charge in [-0.2, -0.15) is 0 Å². The average Bonchev–Trinajstić information content (AvgIpc) is 2.92. The number of amides is 2. The lowest BCUT2D eigenvalue weighted by atomic mass is 10.1. The molecule has 144 valence electrons. The maximum absolute atomic E-state index is 12.2. The zero-order valence-corrected chi connectivity index (χ0v) is 15.6. The third kappa shape index (κ3) is 4.09. The van der Waals surface area contributed by atoms with E-state index in [-0.39, 0.29) is 5.56 Å². The minimum atomic E-state index is -1.03. The van der Waals surface area contributed by atoms with Gasteiger partial charge < -0.3 is 10.1 Å². The second-order valence-electron chi connectivity index (χ2n) is 6.57. The van der Waals surface area contributed by atoms with Gasteiger partial charge in [0.05, 0.1) is 11.3 Å². The number of carbonyl (C=O) groups is 4. The van der Waals surface area contributed by atoms with Gasteiger partial charge in [0.15, 0.2) is 6.10 Å². The van der Waals surface area contributed by atoms with Crippen LogP contribution in [-0.4, -0.2) is 36.2 Å². The number of Topliss-reactive ketones (excluding diaryl/α,β-unsaturated/α-hetero) is 1. The highest BCUT2D eigenvalue weighted by Gasteiger charge is 2.37. The third-order valence-electron chi connectivity index (χ3n) is 4.43. The SMILES string of the molecule is Cc1ccc(CNC(=O)[C@H](C)OC(=O)CN2C(=O)C(=O)c3ccccc32)cc1. The number of aryl methyl sites for hydroxylation is 1. The van der Waals surface area contributed by atoms with Crippen molar-refractivity contribution in [3.8, 4) is 0 Å². The Morgan fingerprint density at radius 2 is 1.75 bits per heavy atom. The van der Waals surface area contributed by atoms with Gasteiger partial charge in [0.25, 0.3) is 17.6 Å². The van der Waals surface area contributed by atoms with Crippen molar-refractivity contribution in [1.29, 1.82) is 0 Å². The summed E-state index contributed by atoms with van der Waals surface area (Å²) in [4.78, 5) is 49.4. The van der Waals surface area contributed by atoms with E-state index in [1.807, 2.05) is 31.2 Å². The molecule has 7 heteroatoms. The molecule has 2 aromatic carbocycles. The van der Waals surface area contributed by atoms with Gasteiger partial charge in [0.2, 0.25) is 0 Å². The number of nitrogens with zero attached hydrogens (tertiary/aromatic N) is 1. The molecule has 1 aliphatic heterocycles. The van der Waals surface area contributed by atoms with Crippen LogP contribution < -0.4 is 10.2 Å². The summed E-state index contributed by atoms with van der Waals surface area (Å²) in [6.07, 6.45) is -1.03. The number of esters is 1. The molecule has 3 rings (SSSR count). The lowest BCUT2D eigenvalue weighted by molar-refractivity contribution is -0.153. The Balaban J connectivity index is 1.54. The van der Waals surface area contributed by atoms with Gasteiger partial charge in [0, 0.05) is 6.54 Å². The van der Waals surface area contributed by atoms with Crippen LogP contribution in [0.25, 0.3) is 0 Å². The van der Waals surface area contributed by atoms with E-state index in [1.165, 1.54) is 13.0 Å². The lowest BCUT2D eigenvalue weighted by Crippen LogP contribution is -2.40. The number of anilines is 1. The van der Waals surface area contributed by atoms with Crippen LogP contribution in [0.4, 0.5) is 5.69 Å². The Labute approximate surface area is 162 Å². The molecule has 1 aliphatic rings. The maximum atomic E-state index is 12.2. The van der Waals surface area contributed by atoms with Crippen molar-refractivity contribution in [2.45, 2.75) is 26.5 Å². The molecule has 2 aromatic rings. The van der Waals surface area contributed by atoms with Crippen molar-refractivity contribution in [1.82, 2.24) is 5.32 Å². The molecule has 0 saturated heterocycles. The number of nitrogens with one attached hydrogen (secondary N) is 1. The van der Waals surface area contributed by atoms with Gasteiger partial charge in [-0.25, -0.2) is 0 Å². The molecule has 0 radical (unpaired) electrons. The number of hydrogen-bond donors (Lipinski definition) is 1. The first-order valence-corrected chi connectivity index (χ1v) is 8.85. The largest absolute Gasteiger partial charge is 0.451 e. The molecule has 2 amide bonds. The van der Waals surface area contributed by atoms with Crippen LogP contribution >= 0.6 is 0 Å². The van der Waals surface area contributed by atoms with Crippen molar-refractivity contribution in [2.75, 3.05) is 11.4 Å². The Kier molecular flexibility index (Phi) is 5.54. The number of benzene rings is 2. The number of ketones is 1. The quantitative estimate of drug-likeness (QED) is 0.609. The number of hydrogen-bond acceptors (Lipinski definition) is 5. The molecule has 0 saturated carbocycles. The number of fused-ring (bicyclic) bond motifs is 1. The number of ether oxygens (including phenoxy) is 1. The summed E-state index contributed by atoms with van der Waals surface area (Å²) in [5.41, 5.74) is 2.67. The first-order chi connectivity index (χ1) is 13.4. The molecule has 0 aromatic heterocycles. The molecule has 1 atom stereocenters. The van der Waals surface area contributed by atoms with Crippen LogP contribution in [0.1, 0.15) is 28.4 Å². The molecule has 0 spiro atoms. The van der Waals surface area contributed by atoms with Crippen LogP contribution in [0, 0.1) is 6.92 Å². The fraction of sp³-hybridized carbons (Fsp3) is 0.238. The first kappa shape index (κ1) is 19.3. The lowest BCUT2D eigenvalue weighted by Gasteiger charge is -2.18. The highest BCUT2D eigenvalue weighted by atomic mass is 16.5. The molecule has 28 heavy (non-hydrogen) atoms. The zero-order chi connectivity index (χ0) is 20.3. The second-order valence-corrected chi connectivity index (χ2v) is 6.57. The van der Waals surface area contributed by atoms with Gasteiger partial charge >= 0.3 is 5.97 Å². The van der Waals surface area contributed by atoms with E-state index < -0.39 is 36.2 Å². The molecule has 0 unspecified atom stereocenters.